The van der Waals surface area contributed by atoms with E-state index in [0.29, 0.717) is 11.4 Å². The lowest BCUT2D eigenvalue weighted by atomic mass is 10.0. The average Bonchev–Trinajstić information content (AvgIpc) is 2.39. The van der Waals surface area contributed by atoms with Gasteiger partial charge in [-0.2, -0.15) is 0 Å². The van der Waals surface area contributed by atoms with Crippen molar-refractivity contribution >= 4 is 49.1 Å². The number of hydrogen-bond acceptors (Lipinski definition) is 2. The van der Waals surface area contributed by atoms with Crippen LogP contribution in [0.4, 0.5) is 5.69 Å². The molecule has 0 bridgehead atoms. The van der Waals surface area contributed by atoms with Gasteiger partial charge in [0.15, 0.2) is 0 Å². The van der Waals surface area contributed by atoms with Crippen molar-refractivity contribution in [3.8, 4) is 0 Å². The van der Waals surface area contributed by atoms with Crippen LogP contribution in [0.2, 0.25) is 5.02 Å². The zero-order valence-electron chi connectivity index (χ0n) is 10.2. The number of alkyl halides is 1. The Bertz CT molecular complexity index is 632. The molecule has 1 atom stereocenters. The van der Waals surface area contributed by atoms with Gasteiger partial charge in [-0.3, -0.25) is 10.1 Å². The fourth-order valence-corrected chi connectivity index (χ4v) is 3.54. The molecule has 0 aliphatic rings. The Balaban J connectivity index is 2.14. The van der Waals surface area contributed by atoms with Crippen LogP contribution in [-0.4, -0.2) is 4.92 Å². The van der Waals surface area contributed by atoms with Crippen LogP contribution in [0.5, 0.6) is 0 Å². The van der Waals surface area contributed by atoms with E-state index >= 15 is 0 Å². The quantitative estimate of drug-likeness (QED) is 0.363. The Kier molecular flexibility index (Phi) is 5.18. The van der Waals surface area contributed by atoms with Crippen molar-refractivity contribution in [1.82, 2.24) is 0 Å². The monoisotopic (exact) mass is 417 g/mol. The lowest BCUT2D eigenvalue weighted by Gasteiger charge is -2.12. The molecule has 0 aromatic heterocycles. The number of hydrogen-bond donors (Lipinski definition) is 0. The molecule has 0 saturated carbocycles. The van der Waals surface area contributed by atoms with Gasteiger partial charge in [-0.1, -0.05) is 61.7 Å². The second-order valence-corrected chi connectivity index (χ2v) is 6.69. The zero-order valence-corrected chi connectivity index (χ0v) is 14.2. The fourth-order valence-electron chi connectivity index (χ4n) is 1.83. The first-order chi connectivity index (χ1) is 9.47. The van der Waals surface area contributed by atoms with Crippen LogP contribution < -0.4 is 0 Å². The first kappa shape index (κ1) is 15.5. The SMILES string of the molecule is O=[N+]([O-])c1ccc(CC(Br)c2ccc(Br)cc2Cl)cc1. The van der Waals surface area contributed by atoms with E-state index in [4.69, 9.17) is 11.6 Å². The number of nitrogens with zero attached hydrogens (tertiary/aromatic N) is 1. The minimum atomic E-state index is -0.402. The first-order valence-corrected chi connectivity index (χ1v) is 7.88. The molecule has 0 saturated heterocycles. The molecule has 1 unspecified atom stereocenters. The second-order valence-electron chi connectivity index (χ2n) is 4.26. The third-order valence-electron chi connectivity index (χ3n) is 2.86. The predicted octanol–water partition coefficient (Wildman–Crippen LogP) is 5.69. The van der Waals surface area contributed by atoms with Gasteiger partial charge in [0.05, 0.1) is 4.92 Å². The van der Waals surface area contributed by atoms with E-state index < -0.39 is 4.92 Å². The zero-order chi connectivity index (χ0) is 14.7. The molecule has 0 fully saturated rings. The third-order valence-corrected chi connectivity index (χ3v) is 4.50. The number of nitro groups is 1. The molecular formula is C14H10Br2ClNO2. The molecule has 0 spiro atoms. The average molecular weight is 420 g/mol. The third kappa shape index (κ3) is 3.81. The van der Waals surface area contributed by atoms with Gasteiger partial charge in [-0.05, 0) is 29.7 Å². The molecule has 2 rings (SSSR count). The summed E-state index contributed by atoms with van der Waals surface area (Å²) in [6.45, 7) is 0. The molecule has 3 nitrogen and oxygen atoms in total. The Morgan fingerprint density at radius 1 is 1.20 bits per heavy atom. The maximum atomic E-state index is 10.6. The molecule has 0 radical (unpaired) electrons. The van der Waals surface area contributed by atoms with Crippen molar-refractivity contribution in [3.63, 3.8) is 0 Å². The number of halogens is 3. The van der Waals surface area contributed by atoms with E-state index in [1.807, 2.05) is 18.2 Å². The normalized spacial score (nSPS) is 12.2. The number of rotatable bonds is 4. The standard InChI is InChI=1S/C14H10Br2ClNO2/c15-10-3-6-12(14(17)8-10)13(16)7-9-1-4-11(5-2-9)18(19)20/h1-6,8,13H,7H2. The lowest BCUT2D eigenvalue weighted by Crippen LogP contribution is -1.97. The molecule has 104 valence electrons. The van der Waals surface area contributed by atoms with E-state index in [-0.39, 0.29) is 10.5 Å². The highest BCUT2D eigenvalue weighted by molar-refractivity contribution is 9.10. The fraction of sp³-hybridized carbons (Fsp3) is 0.143. The van der Waals surface area contributed by atoms with Crippen molar-refractivity contribution in [1.29, 1.82) is 0 Å². The number of benzene rings is 2. The summed E-state index contributed by atoms with van der Waals surface area (Å²) in [5, 5.41) is 11.3. The smallest absolute Gasteiger partial charge is 0.258 e. The van der Waals surface area contributed by atoms with Crippen molar-refractivity contribution in [2.24, 2.45) is 0 Å². The Morgan fingerprint density at radius 2 is 1.85 bits per heavy atom. The molecule has 6 heteroatoms. The predicted molar refractivity (Wildman–Crippen MR) is 87.6 cm³/mol. The van der Waals surface area contributed by atoms with Crippen molar-refractivity contribution in [2.75, 3.05) is 0 Å². The van der Waals surface area contributed by atoms with Gasteiger partial charge in [0.25, 0.3) is 5.69 Å². The van der Waals surface area contributed by atoms with Gasteiger partial charge < -0.3 is 0 Å². The van der Waals surface area contributed by atoms with E-state index in [9.17, 15) is 10.1 Å². The molecule has 0 amide bonds. The summed E-state index contributed by atoms with van der Waals surface area (Å²) in [4.78, 5) is 10.3. The minimum Gasteiger partial charge on any atom is -0.258 e. The topological polar surface area (TPSA) is 43.1 Å². The Labute approximate surface area is 138 Å². The maximum Gasteiger partial charge on any atom is 0.269 e. The maximum absolute atomic E-state index is 10.6. The first-order valence-electron chi connectivity index (χ1n) is 5.79. The summed E-state index contributed by atoms with van der Waals surface area (Å²) < 4.78 is 0.932. The molecule has 0 N–H and O–H groups in total. The van der Waals surface area contributed by atoms with Crippen LogP contribution in [0.25, 0.3) is 0 Å². The number of non-ortho nitro benzene ring substituents is 1. The van der Waals surface area contributed by atoms with Crippen LogP contribution in [0, 0.1) is 10.1 Å². The van der Waals surface area contributed by atoms with Crippen LogP contribution in [0.1, 0.15) is 16.0 Å². The van der Waals surface area contributed by atoms with Crippen LogP contribution in [-0.2, 0) is 6.42 Å². The van der Waals surface area contributed by atoms with Gasteiger partial charge in [0, 0.05) is 26.5 Å². The minimum absolute atomic E-state index is 0.0598. The highest BCUT2D eigenvalue weighted by Crippen LogP contribution is 2.34. The van der Waals surface area contributed by atoms with Gasteiger partial charge in [-0.15, -0.1) is 0 Å². The largest absolute Gasteiger partial charge is 0.269 e. The van der Waals surface area contributed by atoms with E-state index in [1.165, 1.54) is 12.1 Å². The van der Waals surface area contributed by atoms with Gasteiger partial charge in [0.1, 0.15) is 0 Å². The molecule has 0 aliphatic heterocycles. The van der Waals surface area contributed by atoms with E-state index in [0.717, 1.165) is 15.6 Å². The van der Waals surface area contributed by atoms with Gasteiger partial charge in [0.2, 0.25) is 0 Å². The molecule has 20 heavy (non-hydrogen) atoms. The summed E-state index contributed by atoms with van der Waals surface area (Å²) >= 11 is 13.2. The van der Waals surface area contributed by atoms with Crippen LogP contribution >= 0.6 is 43.5 Å². The highest BCUT2D eigenvalue weighted by Gasteiger charge is 2.13. The molecule has 2 aromatic carbocycles. The lowest BCUT2D eigenvalue weighted by molar-refractivity contribution is -0.384. The van der Waals surface area contributed by atoms with Crippen molar-refractivity contribution < 1.29 is 4.92 Å². The summed E-state index contributed by atoms with van der Waals surface area (Å²) in [7, 11) is 0. The highest BCUT2D eigenvalue weighted by atomic mass is 79.9. The Morgan fingerprint density at radius 3 is 2.40 bits per heavy atom. The Hall–Kier alpha value is -0.910. The van der Waals surface area contributed by atoms with E-state index in [1.54, 1.807) is 12.1 Å². The van der Waals surface area contributed by atoms with Gasteiger partial charge in [-0.25, -0.2) is 0 Å². The van der Waals surface area contributed by atoms with Crippen LogP contribution in [0.15, 0.2) is 46.9 Å². The molecule has 0 aliphatic carbocycles. The molecule has 2 aromatic rings. The van der Waals surface area contributed by atoms with Crippen LogP contribution in [0.3, 0.4) is 0 Å². The summed E-state index contributed by atoms with van der Waals surface area (Å²) in [5.74, 6) is 0. The molecular weight excluding hydrogens is 409 g/mol. The number of nitro benzene ring substituents is 1. The van der Waals surface area contributed by atoms with E-state index in [2.05, 4.69) is 31.9 Å². The second kappa shape index (κ2) is 6.70. The summed E-state index contributed by atoms with van der Waals surface area (Å²) in [6, 6.07) is 12.3. The summed E-state index contributed by atoms with van der Waals surface area (Å²) in [6.07, 6.45) is 0.708. The summed E-state index contributed by atoms with van der Waals surface area (Å²) in [5.41, 5.74) is 2.10. The van der Waals surface area contributed by atoms with Crippen molar-refractivity contribution in [2.45, 2.75) is 11.2 Å². The van der Waals surface area contributed by atoms with Gasteiger partial charge >= 0.3 is 0 Å². The molecule has 0 heterocycles. The van der Waals surface area contributed by atoms with Crippen molar-refractivity contribution in [3.05, 3.63) is 73.2 Å².